The number of hydrogen-bond donors (Lipinski definition) is 0. The lowest BCUT2D eigenvalue weighted by Crippen LogP contribution is -2.32. The second kappa shape index (κ2) is 7.75. The Bertz CT molecular complexity index is 1290. The van der Waals surface area contributed by atoms with E-state index in [-0.39, 0.29) is 18.0 Å². The van der Waals surface area contributed by atoms with Crippen LogP contribution in [-0.4, -0.2) is 22.5 Å². The van der Waals surface area contributed by atoms with E-state index in [1.165, 1.54) is 27.8 Å². The first-order valence-electron chi connectivity index (χ1n) is 9.21. The minimum atomic E-state index is -4.42. The lowest BCUT2D eigenvalue weighted by atomic mass is 10.0. The molecule has 0 radical (unpaired) electrons. The molecule has 0 atom stereocenters. The van der Waals surface area contributed by atoms with Crippen LogP contribution in [0.5, 0.6) is 0 Å². The Morgan fingerprint density at radius 1 is 1.10 bits per heavy atom. The average molecular weight is 427 g/mol. The van der Waals surface area contributed by atoms with Crippen LogP contribution >= 0.6 is 0 Å². The molecule has 2 aromatic carbocycles. The van der Waals surface area contributed by atoms with Gasteiger partial charge < -0.3 is 9.32 Å². The molecule has 0 N–H and O–H groups in total. The zero-order valence-electron chi connectivity index (χ0n) is 16.3. The van der Waals surface area contributed by atoms with E-state index < -0.39 is 17.5 Å². The molecule has 0 aliphatic carbocycles. The number of anilines is 1. The fourth-order valence-electron chi connectivity index (χ4n) is 3.18. The molecule has 0 bridgehead atoms. The molecule has 0 aliphatic heterocycles. The number of pyridine rings is 1. The number of amides is 1. The predicted molar refractivity (Wildman–Crippen MR) is 109 cm³/mol. The van der Waals surface area contributed by atoms with E-state index in [1.807, 2.05) is 0 Å². The van der Waals surface area contributed by atoms with Crippen molar-refractivity contribution in [2.45, 2.75) is 12.7 Å². The van der Waals surface area contributed by atoms with Crippen molar-refractivity contribution in [1.82, 2.24) is 9.55 Å². The molecule has 0 saturated heterocycles. The zero-order valence-corrected chi connectivity index (χ0v) is 16.3. The molecule has 0 aliphatic rings. The lowest BCUT2D eigenvalue weighted by molar-refractivity contribution is -0.137. The Morgan fingerprint density at radius 3 is 2.45 bits per heavy atom. The number of carbonyl (C=O) groups excluding carboxylic acids is 1. The van der Waals surface area contributed by atoms with E-state index in [0.29, 0.717) is 22.3 Å². The van der Waals surface area contributed by atoms with Crippen molar-refractivity contribution < 1.29 is 22.4 Å². The first-order valence-corrected chi connectivity index (χ1v) is 9.21. The Balaban J connectivity index is 1.67. The fourth-order valence-corrected chi connectivity index (χ4v) is 3.18. The molecule has 0 spiro atoms. The van der Waals surface area contributed by atoms with Gasteiger partial charge in [-0.05, 0) is 47.5 Å². The number of alkyl halides is 3. The minimum Gasteiger partial charge on any atom is -0.408 e. The number of fused-ring (bicyclic) bond motifs is 1. The van der Waals surface area contributed by atoms with E-state index in [4.69, 9.17) is 4.42 Å². The number of aromatic nitrogens is 2. The topological polar surface area (TPSA) is 68.3 Å². The van der Waals surface area contributed by atoms with E-state index >= 15 is 0 Å². The van der Waals surface area contributed by atoms with Gasteiger partial charge in [0.25, 0.3) is 0 Å². The Hall–Kier alpha value is -3.88. The van der Waals surface area contributed by atoms with Crippen LogP contribution in [0.2, 0.25) is 0 Å². The maximum Gasteiger partial charge on any atom is 0.420 e. The third-order valence-electron chi connectivity index (χ3n) is 4.91. The fraction of sp³-hybridized carbons (Fsp3) is 0.136. The number of likely N-dealkylation sites (N-methyl/N-ethyl adjacent to an activating group) is 1. The molecule has 9 heteroatoms. The number of nitrogens with zero attached hydrogens (tertiary/aromatic N) is 3. The minimum absolute atomic E-state index is 0.270. The summed E-state index contributed by atoms with van der Waals surface area (Å²) in [5.41, 5.74) is 1.59. The average Bonchev–Trinajstić information content (AvgIpc) is 3.07. The number of benzene rings is 2. The van der Waals surface area contributed by atoms with Crippen LogP contribution in [0.15, 0.2) is 76.2 Å². The summed E-state index contributed by atoms with van der Waals surface area (Å²) in [6, 6.07) is 12.9. The van der Waals surface area contributed by atoms with Crippen LogP contribution in [0.4, 0.5) is 18.9 Å². The van der Waals surface area contributed by atoms with Crippen LogP contribution < -0.4 is 10.7 Å². The van der Waals surface area contributed by atoms with Gasteiger partial charge in [-0.3, -0.25) is 14.3 Å². The largest absolute Gasteiger partial charge is 0.420 e. The van der Waals surface area contributed by atoms with E-state index in [2.05, 4.69) is 4.98 Å². The highest BCUT2D eigenvalue weighted by Gasteiger charge is 2.30. The van der Waals surface area contributed by atoms with Crippen LogP contribution in [0, 0.1) is 0 Å². The summed E-state index contributed by atoms with van der Waals surface area (Å²) < 4.78 is 44.8. The van der Waals surface area contributed by atoms with Crippen LogP contribution in [-0.2, 0) is 17.5 Å². The van der Waals surface area contributed by atoms with Gasteiger partial charge in [0.15, 0.2) is 5.58 Å². The van der Waals surface area contributed by atoms with Gasteiger partial charge >= 0.3 is 11.9 Å². The Morgan fingerprint density at radius 2 is 1.81 bits per heavy atom. The molecule has 0 unspecified atom stereocenters. The van der Waals surface area contributed by atoms with E-state index in [9.17, 15) is 22.8 Å². The molecule has 2 heterocycles. The van der Waals surface area contributed by atoms with Crippen LogP contribution in [0.1, 0.15) is 5.56 Å². The highest BCUT2D eigenvalue weighted by Crippen LogP contribution is 2.31. The summed E-state index contributed by atoms with van der Waals surface area (Å²) >= 11 is 0. The molecular weight excluding hydrogens is 411 g/mol. The van der Waals surface area contributed by atoms with E-state index in [0.717, 1.165) is 12.1 Å². The van der Waals surface area contributed by atoms with Crippen molar-refractivity contribution in [3.63, 3.8) is 0 Å². The number of hydrogen-bond acceptors (Lipinski definition) is 4. The maximum atomic E-state index is 12.8. The molecule has 1 amide bonds. The predicted octanol–water partition coefficient (Wildman–Crippen LogP) is 4.34. The molecule has 6 nitrogen and oxygen atoms in total. The third kappa shape index (κ3) is 4.07. The molecular formula is C22H16F3N3O3. The highest BCUT2D eigenvalue weighted by atomic mass is 19.4. The molecule has 2 aromatic heterocycles. The SMILES string of the molecule is CN(C(=O)Cn1c(=O)oc2ccc(-c3ccc(C(F)(F)F)cc3)cc21)c1cccnc1. The van der Waals surface area contributed by atoms with Gasteiger partial charge in [0.05, 0.1) is 23.0 Å². The smallest absolute Gasteiger partial charge is 0.408 e. The number of rotatable bonds is 4. The van der Waals surface area contributed by atoms with Gasteiger partial charge in [-0.1, -0.05) is 18.2 Å². The Kier molecular flexibility index (Phi) is 5.10. The van der Waals surface area contributed by atoms with Crippen molar-refractivity contribution in [2.24, 2.45) is 0 Å². The quantitative estimate of drug-likeness (QED) is 0.486. The summed E-state index contributed by atoms with van der Waals surface area (Å²) in [6.07, 6.45) is -1.32. The number of carbonyl (C=O) groups is 1. The van der Waals surface area contributed by atoms with Crippen LogP contribution in [0.3, 0.4) is 0 Å². The molecule has 4 rings (SSSR count). The molecule has 31 heavy (non-hydrogen) atoms. The standard InChI is InChI=1S/C22H16F3N3O3/c1-27(17-3-2-10-26-12-17)20(29)13-28-18-11-15(6-9-19(18)31-21(28)30)14-4-7-16(8-5-14)22(23,24)25/h2-12H,13H2,1H3. The van der Waals surface area contributed by atoms with Crippen molar-refractivity contribution in [3.8, 4) is 11.1 Å². The zero-order chi connectivity index (χ0) is 22.2. The Labute approximate surface area is 174 Å². The monoisotopic (exact) mass is 427 g/mol. The van der Waals surface area contributed by atoms with Gasteiger partial charge in [-0.25, -0.2) is 4.79 Å². The van der Waals surface area contributed by atoms with Gasteiger partial charge in [-0.15, -0.1) is 0 Å². The summed E-state index contributed by atoms with van der Waals surface area (Å²) in [4.78, 5) is 30.3. The molecule has 158 valence electrons. The van der Waals surface area contributed by atoms with E-state index in [1.54, 1.807) is 43.6 Å². The summed E-state index contributed by atoms with van der Waals surface area (Å²) in [7, 11) is 1.57. The second-order valence-corrected chi connectivity index (χ2v) is 6.88. The summed E-state index contributed by atoms with van der Waals surface area (Å²) in [5, 5.41) is 0. The van der Waals surface area contributed by atoms with Crippen molar-refractivity contribution in [3.05, 3.63) is 83.1 Å². The van der Waals surface area contributed by atoms with Crippen molar-refractivity contribution in [2.75, 3.05) is 11.9 Å². The van der Waals surface area contributed by atoms with Gasteiger partial charge in [0.2, 0.25) is 5.91 Å². The first kappa shape index (κ1) is 20.4. The highest BCUT2D eigenvalue weighted by molar-refractivity contribution is 5.93. The van der Waals surface area contributed by atoms with Gasteiger partial charge in [-0.2, -0.15) is 13.2 Å². The first-order chi connectivity index (χ1) is 14.7. The van der Waals surface area contributed by atoms with Gasteiger partial charge in [0.1, 0.15) is 6.54 Å². The van der Waals surface area contributed by atoms with Crippen molar-refractivity contribution in [1.29, 1.82) is 0 Å². The molecule has 4 aromatic rings. The normalized spacial score (nSPS) is 11.6. The second-order valence-electron chi connectivity index (χ2n) is 6.88. The van der Waals surface area contributed by atoms with Gasteiger partial charge in [0, 0.05) is 13.2 Å². The third-order valence-corrected chi connectivity index (χ3v) is 4.91. The number of halogens is 3. The lowest BCUT2D eigenvalue weighted by Gasteiger charge is -2.16. The molecule has 0 fully saturated rings. The maximum absolute atomic E-state index is 12.8. The van der Waals surface area contributed by atoms with Crippen molar-refractivity contribution >= 4 is 22.7 Å². The summed E-state index contributed by atoms with van der Waals surface area (Å²) in [6.45, 7) is -0.270. The van der Waals surface area contributed by atoms with Crippen LogP contribution in [0.25, 0.3) is 22.2 Å². The summed E-state index contributed by atoms with van der Waals surface area (Å²) in [5.74, 6) is -1.06. The number of oxazole rings is 1. The molecule has 0 saturated carbocycles.